The maximum atomic E-state index is 11.6. The molecule has 1 saturated heterocycles. The number of nitrogens with two attached hydrogens (primary N) is 1. The van der Waals surface area contributed by atoms with Crippen LogP contribution in [-0.4, -0.2) is 43.0 Å². The fourth-order valence-corrected chi connectivity index (χ4v) is 4.65. The van der Waals surface area contributed by atoms with E-state index >= 15 is 0 Å². The standard InChI is InChI=1S/C16H20N4O2S2/c1-12-4-2-3-5-13(12)11-23-16-18-14(17)10-15(19-16)20-6-8-24(21,22)9-7-20/h2-5,10H,6-9,11H2,1H3,(H2,17,18,19). The molecule has 2 N–H and O–H groups in total. The monoisotopic (exact) mass is 364 g/mol. The topological polar surface area (TPSA) is 89.2 Å². The minimum Gasteiger partial charge on any atom is -0.383 e. The van der Waals surface area contributed by atoms with Crippen LogP contribution in [-0.2, 0) is 15.6 Å². The Hall–Kier alpha value is -1.80. The molecule has 0 saturated carbocycles. The maximum absolute atomic E-state index is 11.6. The molecule has 2 heterocycles. The molecule has 8 heteroatoms. The van der Waals surface area contributed by atoms with Crippen molar-refractivity contribution in [3.63, 3.8) is 0 Å². The van der Waals surface area contributed by atoms with Crippen LogP contribution in [0, 0.1) is 6.92 Å². The first-order valence-corrected chi connectivity index (χ1v) is 10.5. The number of nitrogens with zero attached hydrogens (tertiary/aromatic N) is 3. The second-order valence-corrected chi connectivity index (χ2v) is 9.03. The molecule has 128 valence electrons. The van der Waals surface area contributed by atoms with Gasteiger partial charge < -0.3 is 10.6 Å². The number of aryl methyl sites for hydroxylation is 1. The number of aromatic nitrogens is 2. The van der Waals surface area contributed by atoms with Crippen molar-refractivity contribution < 1.29 is 8.42 Å². The van der Waals surface area contributed by atoms with Crippen LogP contribution in [0.25, 0.3) is 0 Å². The normalized spacial score (nSPS) is 17.0. The summed E-state index contributed by atoms with van der Waals surface area (Å²) in [6.07, 6.45) is 0. The minimum absolute atomic E-state index is 0.155. The Bertz CT molecular complexity index is 826. The lowest BCUT2D eigenvalue weighted by molar-refractivity contribution is 0.586. The van der Waals surface area contributed by atoms with Crippen LogP contribution in [0.2, 0.25) is 0 Å². The van der Waals surface area contributed by atoms with Gasteiger partial charge >= 0.3 is 0 Å². The van der Waals surface area contributed by atoms with E-state index in [1.54, 1.807) is 6.07 Å². The van der Waals surface area contributed by atoms with Crippen LogP contribution in [0.1, 0.15) is 11.1 Å². The van der Waals surface area contributed by atoms with Gasteiger partial charge in [0.1, 0.15) is 11.6 Å². The molecule has 24 heavy (non-hydrogen) atoms. The number of thioether (sulfide) groups is 1. The zero-order valence-corrected chi connectivity index (χ0v) is 15.1. The van der Waals surface area contributed by atoms with E-state index in [0.29, 0.717) is 29.9 Å². The summed E-state index contributed by atoms with van der Waals surface area (Å²) in [6.45, 7) is 2.97. The summed E-state index contributed by atoms with van der Waals surface area (Å²) in [6, 6.07) is 9.90. The Morgan fingerprint density at radius 2 is 1.92 bits per heavy atom. The van der Waals surface area contributed by atoms with Crippen molar-refractivity contribution in [1.29, 1.82) is 0 Å². The highest BCUT2D eigenvalue weighted by Gasteiger charge is 2.23. The summed E-state index contributed by atoms with van der Waals surface area (Å²) in [5, 5.41) is 0.613. The molecule has 2 aromatic rings. The summed E-state index contributed by atoms with van der Waals surface area (Å²) >= 11 is 1.53. The Balaban J connectivity index is 1.73. The molecule has 0 spiro atoms. The number of nitrogen functional groups attached to an aromatic ring is 1. The molecule has 0 radical (unpaired) electrons. The lowest BCUT2D eigenvalue weighted by Crippen LogP contribution is -2.40. The van der Waals surface area contributed by atoms with E-state index in [1.807, 2.05) is 17.0 Å². The summed E-state index contributed by atoms with van der Waals surface area (Å²) in [7, 11) is -2.92. The van der Waals surface area contributed by atoms with Crippen molar-refractivity contribution >= 4 is 33.2 Å². The fourth-order valence-electron chi connectivity index (χ4n) is 2.51. The first-order valence-electron chi connectivity index (χ1n) is 7.70. The number of anilines is 2. The van der Waals surface area contributed by atoms with Gasteiger partial charge in [0.2, 0.25) is 0 Å². The molecule has 1 aliphatic rings. The van der Waals surface area contributed by atoms with Gasteiger partial charge in [-0.1, -0.05) is 36.0 Å². The van der Waals surface area contributed by atoms with Crippen molar-refractivity contribution in [2.24, 2.45) is 0 Å². The molecule has 1 aliphatic heterocycles. The number of hydrogen-bond donors (Lipinski definition) is 1. The number of benzene rings is 1. The van der Waals surface area contributed by atoms with Crippen molar-refractivity contribution in [1.82, 2.24) is 9.97 Å². The second-order valence-electron chi connectivity index (χ2n) is 5.79. The molecule has 3 rings (SSSR count). The van der Waals surface area contributed by atoms with E-state index in [9.17, 15) is 8.42 Å². The SMILES string of the molecule is Cc1ccccc1CSc1nc(N)cc(N2CCS(=O)(=O)CC2)n1. The molecule has 0 amide bonds. The van der Waals surface area contributed by atoms with Gasteiger partial charge in [-0.2, -0.15) is 0 Å². The Kier molecular flexibility index (Phi) is 4.96. The van der Waals surface area contributed by atoms with Gasteiger partial charge in [0.25, 0.3) is 0 Å². The minimum atomic E-state index is -2.92. The Labute approximate surface area is 146 Å². The molecule has 0 bridgehead atoms. The van der Waals surface area contributed by atoms with Gasteiger partial charge in [-0.25, -0.2) is 18.4 Å². The van der Waals surface area contributed by atoms with Crippen molar-refractivity contribution in [3.05, 3.63) is 41.5 Å². The summed E-state index contributed by atoms with van der Waals surface area (Å²) in [4.78, 5) is 10.8. The van der Waals surface area contributed by atoms with E-state index in [4.69, 9.17) is 5.73 Å². The first kappa shape index (κ1) is 17.0. The van der Waals surface area contributed by atoms with E-state index < -0.39 is 9.84 Å². The molecular weight excluding hydrogens is 344 g/mol. The molecule has 0 atom stereocenters. The lowest BCUT2D eigenvalue weighted by atomic mass is 10.1. The van der Waals surface area contributed by atoms with Gasteiger partial charge in [0, 0.05) is 24.9 Å². The third-order valence-electron chi connectivity index (χ3n) is 4.00. The Morgan fingerprint density at radius 1 is 1.21 bits per heavy atom. The highest BCUT2D eigenvalue weighted by Crippen LogP contribution is 2.25. The van der Waals surface area contributed by atoms with E-state index in [0.717, 1.165) is 5.75 Å². The molecule has 0 unspecified atom stereocenters. The number of hydrogen-bond acceptors (Lipinski definition) is 7. The average Bonchev–Trinajstić information content (AvgIpc) is 2.53. The molecule has 1 aromatic carbocycles. The van der Waals surface area contributed by atoms with E-state index in [1.165, 1.54) is 22.9 Å². The highest BCUT2D eigenvalue weighted by atomic mass is 32.2. The van der Waals surface area contributed by atoms with Crippen LogP contribution >= 0.6 is 11.8 Å². The van der Waals surface area contributed by atoms with Gasteiger partial charge in [-0.3, -0.25) is 0 Å². The van der Waals surface area contributed by atoms with Crippen LogP contribution < -0.4 is 10.6 Å². The molecule has 0 aliphatic carbocycles. The lowest BCUT2D eigenvalue weighted by Gasteiger charge is -2.27. The predicted molar refractivity (Wildman–Crippen MR) is 98.1 cm³/mol. The number of rotatable bonds is 4. The van der Waals surface area contributed by atoms with Crippen LogP contribution in [0.4, 0.5) is 11.6 Å². The van der Waals surface area contributed by atoms with Gasteiger partial charge in [-0.05, 0) is 18.1 Å². The highest BCUT2D eigenvalue weighted by molar-refractivity contribution is 7.98. The maximum Gasteiger partial charge on any atom is 0.191 e. The summed E-state index contributed by atoms with van der Waals surface area (Å²) in [5.41, 5.74) is 8.38. The molecular formula is C16H20N4O2S2. The van der Waals surface area contributed by atoms with E-state index in [-0.39, 0.29) is 11.5 Å². The predicted octanol–water partition coefficient (Wildman–Crippen LogP) is 1.89. The van der Waals surface area contributed by atoms with E-state index in [2.05, 4.69) is 29.0 Å². The number of sulfone groups is 1. The van der Waals surface area contributed by atoms with Gasteiger partial charge in [-0.15, -0.1) is 0 Å². The smallest absolute Gasteiger partial charge is 0.191 e. The summed E-state index contributed by atoms with van der Waals surface area (Å²) < 4.78 is 23.1. The van der Waals surface area contributed by atoms with Crippen LogP contribution in [0.15, 0.2) is 35.5 Å². The molecule has 1 fully saturated rings. The van der Waals surface area contributed by atoms with Crippen LogP contribution in [0.3, 0.4) is 0 Å². The van der Waals surface area contributed by atoms with Gasteiger partial charge in [0.05, 0.1) is 11.5 Å². The third-order valence-corrected chi connectivity index (χ3v) is 6.50. The summed E-state index contributed by atoms with van der Waals surface area (Å²) in [5.74, 6) is 2.18. The fraction of sp³-hybridized carbons (Fsp3) is 0.375. The first-order chi connectivity index (χ1) is 11.4. The largest absolute Gasteiger partial charge is 0.383 e. The molecule has 6 nitrogen and oxygen atoms in total. The van der Waals surface area contributed by atoms with Crippen molar-refractivity contribution in [2.45, 2.75) is 17.8 Å². The zero-order chi connectivity index (χ0) is 17.2. The third kappa shape index (κ3) is 4.18. The zero-order valence-electron chi connectivity index (χ0n) is 13.5. The van der Waals surface area contributed by atoms with Crippen molar-refractivity contribution in [3.8, 4) is 0 Å². The van der Waals surface area contributed by atoms with Gasteiger partial charge in [0.15, 0.2) is 15.0 Å². The second kappa shape index (κ2) is 6.98. The average molecular weight is 364 g/mol. The Morgan fingerprint density at radius 3 is 2.62 bits per heavy atom. The van der Waals surface area contributed by atoms with Crippen molar-refractivity contribution in [2.75, 3.05) is 35.2 Å². The van der Waals surface area contributed by atoms with Crippen LogP contribution in [0.5, 0.6) is 0 Å². The quantitative estimate of drug-likeness (QED) is 0.654. The molecule has 1 aromatic heterocycles.